The SMILES string of the molecule is C=CCOC(=O)NC1C(OC(C)=O)[C@@H](OC(C)=O)C(COC(C)=O)O[C@H]1C. The smallest absolute Gasteiger partial charge is 0.407 e. The number of esters is 3. The van der Waals surface area contributed by atoms with Crippen molar-refractivity contribution in [1.29, 1.82) is 0 Å². The van der Waals surface area contributed by atoms with Crippen LogP contribution in [0.2, 0.25) is 0 Å². The van der Waals surface area contributed by atoms with Crippen molar-refractivity contribution in [3.8, 4) is 0 Å². The van der Waals surface area contributed by atoms with Gasteiger partial charge in [-0.05, 0) is 6.92 Å². The van der Waals surface area contributed by atoms with Crippen LogP contribution < -0.4 is 5.32 Å². The average molecular weight is 387 g/mol. The second-order valence-corrected chi connectivity index (χ2v) is 5.89. The van der Waals surface area contributed by atoms with E-state index in [1.807, 2.05) is 0 Å². The second kappa shape index (κ2) is 10.5. The van der Waals surface area contributed by atoms with Crippen LogP contribution in [0.5, 0.6) is 0 Å². The summed E-state index contributed by atoms with van der Waals surface area (Å²) < 4.78 is 26.1. The highest BCUT2D eigenvalue weighted by molar-refractivity contribution is 5.69. The standard InChI is InChI=1S/C17H25NO9/c1-6-7-23-17(22)18-14-9(2)25-13(8-24-10(3)19)15(26-11(4)20)16(14)27-12(5)21/h6,9,13-16H,1,7-8H2,2-5H3,(H,18,22)/t9-,13?,14?,15-,16?/m0/s1. The number of carbonyl (C=O) groups is 4. The lowest BCUT2D eigenvalue weighted by molar-refractivity contribution is -0.220. The highest BCUT2D eigenvalue weighted by Crippen LogP contribution is 2.27. The van der Waals surface area contributed by atoms with Crippen molar-refractivity contribution in [2.75, 3.05) is 13.2 Å². The fourth-order valence-corrected chi connectivity index (χ4v) is 2.63. The molecule has 0 bridgehead atoms. The van der Waals surface area contributed by atoms with Crippen LogP contribution in [0.4, 0.5) is 4.79 Å². The summed E-state index contributed by atoms with van der Waals surface area (Å²) >= 11 is 0. The summed E-state index contributed by atoms with van der Waals surface area (Å²) in [5.74, 6) is -1.86. The summed E-state index contributed by atoms with van der Waals surface area (Å²) in [5.41, 5.74) is 0. The Kier molecular flexibility index (Phi) is 8.73. The minimum Gasteiger partial charge on any atom is -0.463 e. The van der Waals surface area contributed by atoms with Crippen molar-refractivity contribution in [2.24, 2.45) is 0 Å². The van der Waals surface area contributed by atoms with Crippen LogP contribution in [0.25, 0.3) is 0 Å². The molecule has 0 aromatic heterocycles. The molecule has 152 valence electrons. The van der Waals surface area contributed by atoms with Gasteiger partial charge < -0.3 is 29.0 Å². The maximum atomic E-state index is 11.9. The largest absolute Gasteiger partial charge is 0.463 e. The van der Waals surface area contributed by atoms with Crippen molar-refractivity contribution in [3.05, 3.63) is 12.7 Å². The van der Waals surface area contributed by atoms with E-state index in [1.165, 1.54) is 26.8 Å². The topological polar surface area (TPSA) is 126 Å². The third kappa shape index (κ3) is 7.26. The van der Waals surface area contributed by atoms with Gasteiger partial charge in [0, 0.05) is 20.8 Å². The van der Waals surface area contributed by atoms with Gasteiger partial charge in [0.2, 0.25) is 0 Å². The lowest BCUT2D eigenvalue weighted by Crippen LogP contribution is -2.65. The maximum absolute atomic E-state index is 11.9. The van der Waals surface area contributed by atoms with E-state index in [0.29, 0.717) is 0 Å². The van der Waals surface area contributed by atoms with Crippen LogP contribution in [0, 0.1) is 0 Å². The molecule has 0 saturated carbocycles. The van der Waals surface area contributed by atoms with Gasteiger partial charge in [-0.1, -0.05) is 12.7 Å². The zero-order chi connectivity index (χ0) is 20.6. The molecule has 1 rings (SSSR count). The van der Waals surface area contributed by atoms with E-state index < -0.39 is 54.5 Å². The monoisotopic (exact) mass is 387 g/mol. The molecule has 0 aliphatic carbocycles. The van der Waals surface area contributed by atoms with Crippen molar-refractivity contribution < 1.29 is 42.9 Å². The van der Waals surface area contributed by atoms with Crippen LogP contribution in [0.3, 0.4) is 0 Å². The van der Waals surface area contributed by atoms with Crippen molar-refractivity contribution in [2.45, 2.75) is 58.2 Å². The molecular formula is C17H25NO9. The van der Waals surface area contributed by atoms with Gasteiger partial charge in [0.05, 0.1) is 12.1 Å². The summed E-state index contributed by atoms with van der Waals surface area (Å²) in [6.45, 7) is 8.40. The van der Waals surface area contributed by atoms with E-state index in [2.05, 4.69) is 11.9 Å². The van der Waals surface area contributed by atoms with Gasteiger partial charge in [-0.15, -0.1) is 0 Å². The summed E-state index contributed by atoms with van der Waals surface area (Å²) in [6, 6.07) is -0.871. The third-order valence-electron chi connectivity index (χ3n) is 3.61. The second-order valence-electron chi connectivity index (χ2n) is 5.89. The fraction of sp³-hybridized carbons (Fsp3) is 0.647. The van der Waals surface area contributed by atoms with Gasteiger partial charge in [-0.3, -0.25) is 14.4 Å². The number of rotatable bonds is 7. The Morgan fingerprint density at radius 3 is 2.11 bits per heavy atom. The van der Waals surface area contributed by atoms with Gasteiger partial charge in [-0.2, -0.15) is 0 Å². The summed E-state index contributed by atoms with van der Waals surface area (Å²) in [5, 5.41) is 2.54. The van der Waals surface area contributed by atoms with E-state index >= 15 is 0 Å². The molecule has 1 saturated heterocycles. The van der Waals surface area contributed by atoms with Gasteiger partial charge in [-0.25, -0.2) is 4.79 Å². The molecule has 0 aromatic rings. The third-order valence-corrected chi connectivity index (χ3v) is 3.61. The lowest BCUT2D eigenvalue weighted by atomic mass is 9.93. The van der Waals surface area contributed by atoms with E-state index in [1.54, 1.807) is 6.92 Å². The maximum Gasteiger partial charge on any atom is 0.407 e. The zero-order valence-electron chi connectivity index (χ0n) is 15.8. The lowest BCUT2D eigenvalue weighted by Gasteiger charge is -2.44. The predicted molar refractivity (Wildman–Crippen MR) is 90.5 cm³/mol. The first kappa shape index (κ1) is 22.4. The van der Waals surface area contributed by atoms with Gasteiger partial charge >= 0.3 is 24.0 Å². The summed E-state index contributed by atoms with van der Waals surface area (Å²) in [4.78, 5) is 46.1. The summed E-state index contributed by atoms with van der Waals surface area (Å²) in [7, 11) is 0. The van der Waals surface area contributed by atoms with E-state index in [4.69, 9.17) is 23.7 Å². The van der Waals surface area contributed by atoms with Gasteiger partial charge in [0.15, 0.2) is 12.2 Å². The number of hydrogen-bond acceptors (Lipinski definition) is 9. The molecule has 10 nitrogen and oxygen atoms in total. The highest BCUT2D eigenvalue weighted by Gasteiger charge is 2.49. The first-order valence-electron chi connectivity index (χ1n) is 8.33. The number of hydrogen-bond donors (Lipinski definition) is 1. The minimum absolute atomic E-state index is 0.0194. The van der Waals surface area contributed by atoms with Crippen LogP contribution in [-0.4, -0.2) is 67.7 Å². The van der Waals surface area contributed by atoms with E-state index in [9.17, 15) is 19.2 Å². The van der Waals surface area contributed by atoms with Crippen LogP contribution in [0.1, 0.15) is 27.7 Å². The molecule has 1 N–H and O–H groups in total. The van der Waals surface area contributed by atoms with Crippen LogP contribution in [-0.2, 0) is 38.1 Å². The molecule has 1 aliphatic rings. The minimum atomic E-state index is -1.10. The molecule has 1 heterocycles. The molecule has 0 radical (unpaired) electrons. The van der Waals surface area contributed by atoms with E-state index in [-0.39, 0.29) is 13.2 Å². The Bertz CT molecular complexity index is 577. The molecule has 3 unspecified atom stereocenters. The van der Waals surface area contributed by atoms with E-state index in [0.717, 1.165) is 0 Å². The molecular weight excluding hydrogens is 362 g/mol. The molecule has 27 heavy (non-hydrogen) atoms. The summed E-state index contributed by atoms with van der Waals surface area (Å²) in [6.07, 6.45) is -3.13. The van der Waals surface area contributed by atoms with Crippen LogP contribution >= 0.6 is 0 Å². The Morgan fingerprint density at radius 1 is 1.00 bits per heavy atom. The fourth-order valence-electron chi connectivity index (χ4n) is 2.63. The Hall–Kier alpha value is -2.62. The number of carbonyl (C=O) groups excluding carboxylic acids is 4. The highest BCUT2D eigenvalue weighted by atomic mass is 16.6. The Balaban J connectivity index is 3.08. The molecule has 1 aliphatic heterocycles. The van der Waals surface area contributed by atoms with Gasteiger partial charge in [0.25, 0.3) is 0 Å². The van der Waals surface area contributed by atoms with Gasteiger partial charge in [0.1, 0.15) is 19.3 Å². The Labute approximate surface area is 157 Å². The Morgan fingerprint density at radius 2 is 1.59 bits per heavy atom. The van der Waals surface area contributed by atoms with Crippen molar-refractivity contribution in [1.82, 2.24) is 5.32 Å². The molecule has 5 atom stereocenters. The quantitative estimate of drug-likeness (QED) is 0.377. The number of amides is 1. The number of nitrogens with one attached hydrogen (secondary N) is 1. The normalized spacial score (nSPS) is 27.0. The predicted octanol–water partition coefficient (Wildman–Crippen LogP) is 0.481. The molecule has 0 spiro atoms. The molecule has 1 amide bonds. The number of ether oxygens (including phenoxy) is 5. The van der Waals surface area contributed by atoms with Crippen molar-refractivity contribution >= 4 is 24.0 Å². The average Bonchev–Trinajstić information content (AvgIpc) is 2.56. The first-order valence-corrected chi connectivity index (χ1v) is 8.33. The zero-order valence-corrected chi connectivity index (χ0v) is 15.8. The number of alkyl carbamates (subject to hydrolysis) is 1. The van der Waals surface area contributed by atoms with Crippen molar-refractivity contribution in [3.63, 3.8) is 0 Å². The molecule has 10 heteroatoms. The van der Waals surface area contributed by atoms with Crippen LogP contribution in [0.15, 0.2) is 12.7 Å². The first-order chi connectivity index (χ1) is 12.6. The molecule has 0 aromatic carbocycles. The molecule has 1 fully saturated rings.